The van der Waals surface area contributed by atoms with Gasteiger partial charge in [-0.25, -0.2) is 4.98 Å². The Labute approximate surface area is 187 Å². The largest absolute Gasteiger partial charge is 0.490 e. The summed E-state index contributed by atoms with van der Waals surface area (Å²) in [6.07, 6.45) is 8.91. The van der Waals surface area contributed by atoms with Crippen LogP contribution in [0.25, 0.3) is 33.4 Å². The highest BCUT2D eigenvalue weighted by Gasteiger charge is 2.29. The third kappa shape index (κ3) is 3.35. The highest BCUT2D eigenvalue weighted by Crippen LogP contribution is 2.47. The summed E-state index contributed by atoms with van der Waals surface area (Å²) in [5, 5.41) is 1.16. The summed E-state index contributed by atoms with van der Waals surface area (Å²) in [5.41, 5.74) is 12.2. The van der Waals surface area contributed by atoms with Crippen LogP contribution in [0.1, 0.15) is 38.1 Å². The highest BCUT2D eigenvalue weighted by molar-refractivity contribution is 6.04. The molecule has 2 aromatic carbocycles. The third-order valence-electron chi connectivity index (χ3n) is 6.76. The summed E-state index contributed by atoms with van der Waals surface area (Å²) in [6.45, 7) is 1.53. The molecule has 32 heavy (non-hydrogen) atoms. The Hall–Kier alpha value is -3.25. The molecular weight excluding hydrogens is 402 g/mol. The van der Waals surface area contributed by atoms with E-state index in [1.165, 1.54) is 36.9 Å². The Morgan fingerprint density at radius 3 is 2.50 bits per heavy atom. The van der Waals surface area contributed by atoms with Crippen LogP contribution < -0.4 is 10.5 Å². The van der Waals surface area contributed by atoms with Gasteiger partial charge in [0.25, 0.3) is 0 Å². The quantitative estimate of drug-likeness (QED) is 0.404. The molecule has 1 aliphatic carbocycles. The number of oxazole rings is 1. The Morgan fingerprint density at radius 2 is 1.81 bits per heavy atom. The standard InChI is InChI=1S/C26H27N3O3/c27-18-6-4-17(5-7-18)26-25(23-15-31-16-28-23)22-9-8-21(32-20-10-12-30-13-11-20)14-24(22)29(26)19-2-1-3-19/h4-9,14-16,19-20H,1-3,10-13,27H2. The van der Waals surface area contributed by atoms with E-state index in [-0.39, 0.29) is 6.10 Å². The molecule has 1 saturated heterocycles. The van der Waals surface area contributed by atoms with E-state index in [4.69, 9.17) is 19.6 Å². The first-order valence-electron chi connectivity index (χ1n) is 11.4. The van der Waals surface area contributed by atoms with E-state index in [2.05, 4.69) is 39.9 Å². The van der Waals surface area contributed by atoms with Crippen LogP contribution >= 0.6 is 0 Å². The van der Waals surface area contributed by atoms with Gasteiger partial charge in [0.2, 0.25) is 0 Å². The average molecular weight is 430 g/mol. The molecule has 3 heterocycles. The van der Waals surface area contributed by atoms with Crippen LogP contribution in [0.3, 0.4) is 0 Å². The number of anilines is 1. The number of benzene rings is 2. The van der Waals surface area contributed by atoms with Crippen molar-refractivity contribution in [1.82, 2.24) is 9.55 Å². The summed E-state index contributed by atoms with van der Waals surface area (Å²) in [7, 11) is 0. The zero-order valence-electron chi connectivity index (χ0n) is 18.0. The molecule has 0 spiro atoms. The molecule has 2 fully saturated rings. The van der Waals surface area contributed by atoms with Crippen molar-refractivity contribution in [2.24, 2.45) is 0 Å². The van der Waals surface area contributed by atoms with Crippen molar-refractivity contribution in [3.63, 3.8) is 0 Å². The molecule has 0 atom stereocenters. The normalized spacial score (nSPS) is 17.5. The average Bonchev–Trinajstić information content (AvgIpc) is 3.41. The van der Waals surface area contributed by atoms with Crippen molar-refractivity contribution >= 4 is 16.6 Å². The minimum Gasteiger partial charge on any atom is -0.490 e. The lowest BCUT2D eigenvalue weighted by atomic mass is 9.92. The minimum atomic E-state index is 0.208. The number of fused-ring (bicyclic) bond motifs is 1. The fourth-order valence-electron chi connectivity index (χ4n) is 4.89. The molecule has 2 N–H and O–H groups in total. The van der Waals surface area contributed by atoms with Crippen LogP contribution in [0.4, 0.5) is 5.69 Å². The van der Waals surface area contributed by atoms with Crippen molar-refractivity contribution in [2.45, 2.75) is 44.2 Å². The molecule has 1 saturated carbocycles. The second kappa shape index (κ2) is 8.02. The SMILES string of the molecule is Nc1ccc(-c2c(-c3cocn3)c3ccc(OC4CCOCC4)cc3n2C2CCC2)cc1. The van der Waals surface area contributed by atoms with E-state index in [0.717, 1.165) is 59.7 Å². The van der Waals surface area contributed by atoms with Gasteiger partial charge in [-0.15, -0.1) is 0 Å². The van der Waals surface area contributed by atoms with Gasteiger partial charge in [0.15, 0.2) is 6.39 Å². The van der Waals surface area contributed by atoms with Crippen molar-refractivity contribution < 1.29 is 13.9 Å². The molecule has 4 aromatic rings. The first-order chi connectivity index (χ1) is 15.8. The maximum atomic E-state index is 6.37. The maximum Gasteiger partial charge on any atom is 0.181 e. The van der Waals surface area contributed by atoms with Crippen LogP contribution in [0.5, 0.6) is 5.75 Å². The fourth-order valence-corrected chi connectivity index (χ4v) is 4.89. The van der Waals surface area contributed by atoms with Crippen LogP contribution in [0.2, 0.25) is 0 Å². The fraction of sp³-hybridized carbons (Fsp3) is 0.346. The van der Waals surface area contributed by atoms with Crippen LogP contribution in [-0.2, 0) is 4.74 Å². The van der Waals surface area contributed by atoms with Gasteiger partial charge in [0, 0.05) is 41.6 Å². The smallest absolute Gasteiger partial charge is 0.181 e. The van der Waals surface area contributed by atoms with Gasteiger partial charge in [-0.2, -0.15) is 0 Å². The van der Waals surface area contributed by atoms with E-state index in [0.29, 0.717) is 6.04 Å². The van der Waals surface area contributed by atoms with E-state index in [9.17, 15) is 0 Å². The van der Waals surface area contributed by atoms with E-state index in [1.54, 1.807) is 6.26 Å². The molecule has 2 aliphatic rings. The second-order valence-electron chi connectivity index (χ2n) is 8.78. The van der Waals surface area contributed by atoms with Crippen molar-refractivity contribution in [2.75, 3.05) is 18.9 Å². The lowest BCUT2D eigenvalue weighted by Gasteiger charge is -2.30. The van der Waals surface area contributed by atoms with Crippen molar-refractivity contribution in [1.29, 1.82) is 0 Å². The molecule has 6 nitrogen and oxygen atoms in total. The number of rotatable bonds is 5. The number of hydrogen-bond donors (Lipinski definition) is 1. The zero-order chi connectivity index (χ0) is 21.5. The number of hydrogen-bond acceptors (Lipinski definition) is 5. The lowest BCUT2D eigenvalue weighted by Crippen LogP contribution is -2.25. The lowest BCUT2D eigenvalue weighted by molar-refractivity contribution is 0.0256. The number of nitrogens with zero attached hydrogens (tertiary/aromatic N) is 2. The van der Waals surface area contributed by atoms with Crippen LogP contribution in [-0.4, -0.2) is 28.9 Å². The summed E-state index contributed by atoms with van der Waals surface area (Å²) in [4.78, 5) is 4.52. The topological polar surface area (TPSA) is 75.4 Å². The predicted molar refractivity (Wildman–Crippen MR) is 125 cm³/mol. The molecule has 164 valence electrons. The summed E-state index contributed by atoms with van der Waals surface area (Å²) < 4.78 is 19.7. The van der Waals surface area contributed by atoms with Gasteiger partial charge in [-0.05, 0) is 49.1 Å². The zero-order valence-corrected chi connectivity index (χ0v) is 18.0. The van der Waals surface area contributed by atoms with Gasteiger partial charge >= 0.3 is 0 Å². The second-order valence-corrected chi connectivity index (χ2v) is 8.78. The summed E-state index contributed by atoms with van der Waals surface area (Å²) >= 11 is 0. The number of nitrogens with two attached hydrogens (primary N) is 1. The Bertz CT molecular complexity index is 1220. The molecule has 1 aliphatic heterocycles. The Kier molecular flexibility index (Phi) is 4.87. The molecule has 6 heteroatoms. The minimum absolute atomic E-state index is 0.208. The molecule has 0 unspecified atom stereocenters. The van der Waals surface area contributed by atoms with Crippen molar-refractivity contribution in [3.05, 3.63) is 55.1 Å². The third-order valence-corrected chi connectivity index (χ3v) is 6.76. The monoisotopic (exact) mass is 429 g/mol. The molecule has 6 rings (SSSR count). The van der Waals surface area contributed by atoms with Crippen LogP contribution in [0.15, 0.2) is 59.5 Å². The maximum absolute atomic E-state index is 6.37. The molecule has 0 amide bonds. The first-order valence-corrected chi connectivity index (χ1v) is 11.4. The number of aromatic nitrogens is 2. The van der Waals surface area contributed by atoms with E-state index >= 15 is 0 Å². The Balaban J connectivity index is 1.56. The Morgan fingerprint density at radius 1 is 1.00 bits per heavy atom. The van der Waals surface area contributed by atoms with Gasteiger partial charge in [0.1, 0.15) is 23.8 Å². The van der Waals surface area contributed by atoms with Gasteiger partial charge < -0.3 is 24.2 Å². The highest BCUT2D eigenvalue weighted by atomic mass is 16.5. The molecule has 0 radical (unpaired) electrons. The number of ether oxygens (including phenoxy) is 2. The van der Waals surface area contributed by atoms with E-state index < -0.39 is 0 Å². The molecular formula is C26H27N3O3. The van der Waals surface area contributed by atoms with E-state index in [1.807, 2.05) is 12.1 Å². The summed E-state index contributed by atoms with van der Waals surface area (Å²) in [6, 6.07) is 15.0. The van der Waals surface area contributed by atoms with Gasteiger partial charge in [0.05, 0.1) is 24.4 Å². The van der Waals surface area contributed by atoms with Crippen LogP contribution in [0, 0.1) is 0 Å². The predicted octanol–water partition coefficient (Wildman–Crippen LogP) is 5.83. The summed E-state index contributed by atoms with van der Waals surface area (Å²) in [5.74, 6) is 0.915. The number of nitrogen functional groups attached to an aromatic ring is 1. The van der Waals surface area contributed by atoms with Crippen molar-refractivity contribution in [3.8, 4) is 28.3 Å². The van der Waals surface area contributed by atoms with Gasteiger partial charge in [-0.3, -0.25) is 0 Å². The molecule has 2 aromatic heterocycles. The first kappa shape index (κ1) is 19.4. The van der Waals surface area contributed by atoms with Gasteiger partial charge in [-0.1, -0.05) is 12.1 Å². The molecule has 0 bridgehead atoms.